The maximum Gasteiger partial charge on any atom is 0.181 e. The Morgan fingerprint density at radius 1 is 1.10 bits per heavy atom. The van der Waals surface area contributed by atoms with Crippen molar-refractivity contribution in [3.8, 4) is 11.3 Å². The van der Waals surface area contributed by atoms with E-state index in [1.807, 2.05) is 0 Å². The highest BCUT2D eigenvalue weighted by atomic mass is 16.3. The lowest BCUT2D eigenvalue weighted by Gasteiger charge is -2.33. The van der Waals surface area contributed by atoms with Gasteiger partial charge in [-0.3, -0.25) is 4.90 Å². The summed E-state index contributed by atoms with van der Waals surface area (Å²) in [6.45, 7) is 2.53. The number of fused-ring (bicyclic) bond motifs is 1. The average Bonchev–Trinajstić information content (AvgIpc) is 3.19. The molecule has 3 heterocycles. The van der Waals surface area contributed by atoms with E-state index in [9.17, 15) is 0 Å². The van der Waals surface area contributed by atoms with Crippen LogP contribution in [0.4, 0.5) is 5.69 Å². The topological polar surface area (TPSA) is 41.3 Å². The van der Waals surface area contributed by atoms with E-state index in [4.69, 9.17) is 4.42 Å². The Morgan fingerprint density at radius 3 is 2.81 bits per heavy atom. The van der Waals surface area contributed by atoms with Gasteiger partial charge in [0.25, 0.3) is 0 Å². The molecule has 4 nitrogen and oxygen atoms in total. The van der Waals surface area contributed by atoms with E-state index in [-0.39, 0.29) is 0 Å². The minimum atomic E-state index is 0.599. The fourth-order valence-corrected chi connectivity index (χ4v) is 3.72. The Morgan fingerprint density at radius 2 is 2.00 bits per heavy atom. The number of nitrogens with one attached hydrogen (secondary N) is 1. The molecule has 2 aliphatic rings. The first-order chi connectivity index (χ1) is 10.4. The molecule has 0 radical (unpaired) electrons. The van der Waals surface area contributed by atoms with Gasteiger partial charge in [0.05, 0.1) is 6.20 Å². The van der Waals surface area contributed by atoms with Gasteiger partial charge < -0.3 is 9.73 Å². The summed E-state index contributed by atoms with van der Waals surface area (Å²) in [4.78, 5) is 6.62. The van der Waals surface area contributed by atoms with E-state index in [0.29, 0.717) is 6.04 Å². The highest BCUT2D eigenvalue weighted by molar-refractivity contribution is 5.60. The number of hydrogen-bond acceptors (Lipinski definition) is 4. The van der Waals surface area contributed by atoms with Crippen molar-refractivity contribution in [2.24, 2.45) is 0 Å². The van der Waals surface area contributed by atoms with E-state index in [1.54, 1.807) is 6.20 Å². The Hall–Kier alpha value is -1.81. The average molecular weight is 283 g/mol. The second-order valence-corrected chi connectivity index (χ2v) is 6.08. The first-order valence-corrected chi connectivity index (χ1v) is 7.90. The van der Waals surface area contributed by atoms with Crippen molar-refractivity contribution >= 4 is 5.69 Å². The third kappa shape index (κ3) is 2.56. The number of benzene rings is 1. The maximum absolute atomic E-state index is 5.33. The number of piperidine rings is 1. The molecule has 4 rings (SSSR count). The molecular formula is C17H21N3O. The van der Waals surface area contributed by atoms with Crippen LogP contribution in [0.25, 0.3) is 11.3 Å². The number of rotatable bonds is 3. The van der Waals surface area contributed by atoms with E-state index >= 15 is 0 Å². The number of nitrogens with zero attached hydrogens (tertiary/aromatic N) is 2. The van der Waals surface area contributed by atoms with Crippen LogP contribution >= 0.6 is 0 Å². The van der Waals surface area contributed by atoms with Crippen LogP contribution in [0.2, 0.25) is 0 Å². The molecule has 0 amide bonds. The fraction of sp³-hybridized carbons (Fsp3) is 0.471. The largest absolute Gasteiger partial charge is 0.444 e. The third-order valence-corrected chi connectivity index (χ3v) is 4.81. The van der Waals surface area contributed by atoms with Gasteiger partial charge in [0.15, 0.2) is 12.2 Å². The Balaban J connectivity index is 1.45. The van der Waals surface area contributed by atoms with Crippen LogP contribution in [0, 0.1) is 0 Å². The molecule has 2 fully saturated rings. The van der Waals surface area contributed by atoms with Gasteiger partial charge in [-0.05, 0) is 50.1 Å². The van der Waals surface area contributed by atoms with E-state index in [0.717, 1.165) is 17.4 Å². The summed E-state index contributed by atoms with van der Waals surface area (Å²) in [5.41, 5.74) is 2.28. The molecule has 1 N–H and O–H groups in total. The standard InChI is InChI=1S/C17H21N3O/c1-2-9-20-10-8-15(16(20)3-1)19-14-6-4-13(5-7-14)17-11-18-12-21-17/h4-7,11-12,15-16,19H,1-3,8-10H2. The number of aromatic nitrogens is 1. The monoisotopic (exact) mass is 283 g/mol. The van der Waals surface area contributed by atoms with E-state index in [2.05, 4.69) is 39.5 Å². The minimum Gasteiger partial charge on any atom is -0.444 e. The molecule has 2 atom stereocenters. The second-order valence-electron chi connectivity index (χ2n) is 6.08. The van der Waals surface area contributed by atoms with Crippen molar-refractivity contribution < 1.29 is 4.42 Å². The van der Waals surface area contributed by atoms with Gasteiger partial charge in [0.2, 0.25) is 0 Å². The molecule has 21 heavy (non-hydrogen) atoms. The molecule has 4 heteroatoms. The summed E-state index contributed by atoms with van der Waals surface area (Å²) >= 11 is 0. The van der Waals surface area contributed by atoms with Gasteiger partial charge in [-0.2, -0.15) is 0 Å². The minimum absolute atomic E-state index is 0.599. The number of anilines is 1. The zero-order chi connectivity index (χ0) is 14.1. The lowest BCUT2D eigenvalue weighted by Crippen LogP contribution is -2.41. The second kappa shape index (κ2) is 5.53. The lowest BCUT2D eigenvalue weighted by molar-refractivity contribution is 0.193. The van der Waals surface area contributed by atoms with Crippen molar-refractivity contribution in [3.63, 3.8) is 0 Å². The summed E-state index contributed by atoms with van der Waals surface area (Å²) in [5.74, 6) is 0.820. The quantitative estimate of drug-likeness (QED) is 0.937. The highest BCUT2D eigenvalue weighted by Crippen LogP contribution is 2.30. The molecule has 2 unspecified atom stereocenters. The molecule has 2 aliphatic heterocycles. The molecule has 110 valence electrons. The molecule has 1 aromatic carbocycles. The van der Waals surface area contributed by atoms with Crippen LogP contribution in [-0.4, -0.2) is 35.1 Å². The molecule has 2 aromatic rings. The predicted molar refractivity (Wildman–Crippen MR) is 83.2 cm³/mol. The van der Waals surface area contributed by atoms with Crippen molar-refractivity contribution in [1.82, 2.24) is 9.88 Å². The van der Waals surface area contributed by atoms with Crippen LogP contribution in [0.3, 0.4) is 0 Å². The molecular weight excluding hydrogens is 262 g/mol. The third-order valence-electron chi connectivity index (χ3n) is 4.81. The molecule has 0 spiro atoms. The normalized spacial score (nSPS) is 25.7. The van der Waals surface area contributed by atoms with Gasteiger partial charge in [-0.25, -0.2) is 4.98 Å². The first kappa shape index (κ1) is 12.9. The first-order valence-electron chi connectivity index (χ1n) is 7.90. The predicted octanol–water partition coefficient (Wildman–Crippen LogP) is 3.38. The smallest absolute Gasteiger partial charge is 0.181 e. The van der Waals surface area contributed by atoms with Crippen LogP contribution in [0.5, 0.6) is 0 Å². The molecule has 2 saturated heterocycles. The number of hydrogen-bond donors (Lipinski definition) is 1. The fourth-order valence-electron chi connectivity index (χ4n) is 3.72. The Labute approximate surface area is 125 Å². The van der Waals surface area contributed by atoms with Crippen molar-refractivity contribution in [2.75, 3.05) is 18.4 Å². The van der Waals surface area contributed by atoms with Crippen molar-refractivity contribution in [1.29, 1.82) is 0 Å². The van der Waals surface area contributed by atoms with Crippen molar-refractivity contribution in [2.45, 2.75) is 37.8 Å². The lowest BCUT2D eigenvalue weighted by atomic mass is 9.99. The van der Waals surface area contributed by atoms with Gasteiger partial charge in [-0.1, -0.05) is 6.42 Å². The van der Waals surface area contributed by atoms with Gasteiger partial charge in [0.1, 0.15) is 0 Å². The van der Waals surface area contributed by atoms with Crippen LogP contribution < -0.4 is 5.32 Å². The molecule has 0 bridgehead atoms. The summed E-state index contributed by atoms with van der Waals surface area (Å²) in [6.07, 6.45) is 8.57. The zero-order valence-electron chi connectivity index (χ0n) is 12.2. The van der Waals surface area contributed by atoms with Crippen LogP contribution in [0.15, 0.2) is 41.3 Å². The van der Waals surface area contributed by atoms with E-state index in [1.165, 1.54) is 50.9 Å². The summed E-state index contributed by atoms with van der Waals surface area (Å²) in [5, 5.41) is 3.72. The van der Waals surface area contributed by atoms with Gasteiger partial charge >= 0.3 is 0 Å². The van der Waals surface area contributed by atoms with E-state index < -0.39 is 0 Å². The molecule has 0 aliphatic carbocycles. The maximum atomic E-state index is 5.33. The van der Waals surface area contributed by atoms with Crippen molar-refractivity contribution in [3.05, 3.63) is 36.9 Å². The highest BCUT2D eigenvalue weighted by Gasteiger charge is 2.35. The number of oxazole rings is 1. The SMILES string of the molecule is c1ncc(-c2ccc(NC3CCN4CCCCC34)cc2)o1. The van der Waals surface area contributed by atoms with Gasteiger partial charge in [0, 0.05) is 29.9 Å². The summed E-state index contributed by atoms with van der Waals surface area (Å²) < 4.78 is 5.33. The molecule has 0 saturated carbocycles. The van der Waals surface area contributed by atoms with Gasteiger partial charge in [-0.15, -0.1) is 0 Å². The molecule has 1 aromatic heterocycles. The van der Waals surface area contributed by atoms with Crippen LogP contribution in [0.1, 0.15) is 25.7 Å². The Bertz CT molecular complexity index is 579. The van der Waals surface area contributed by atoms with Crippen LogP contribution in [-0.2, 0) is 0 Å². The zero-order valence-corrected chi connectivity index (χ0v) is 12.2. The summed E-state index contributed by atoms with van der Waals surface area (Å²) in [6, 6.07) is 9.80. The Kier molecular flexibility index (Phi) is 3.39. The summed E-state index contributed by atoms with van der Waals surface area (Å²) in [7, 11) is 0.